The van der Waals surface area contributed by atoms with E-state index in [-0.39, 0.29) is 18.5 Å². The molecule has 2 fully saturated rings. The van der Waals surface area contributed by atoms with E-state index in [0.29, 0.717) is 31.5 Å². The van der Waals surface area contributed by atoms with Gasteiger partial charge in [0.25, 0.3) is 5.91 Å². The van der Waals surface area contributed by atoms with E-state index in [2.05, 4.69) is 15.9 Å². The molecule has 0 aliphatic carbocycles. The number of amides is 1. The van der Waals surface area contributed by atoms with Gasteiger partial charge in [-0.25, -0.2) is 9.90 Å². The second kappa shape index (κ2) is 7.97. The normalized spacial score (nSPS) is 22.9. The number of ketones is 1. The van der Waals surface area contributed by atoms with Gasteiger partial charge in [0, 0.05) is 24.7 Å². The van der Waals surface area contributed by atoms with E-state index in [1.54, 1.807) is 12.2 Å². The zero-order chi connectivity index (χ0) is 19.8. The number of aryl methyl sites for hydroxylation is 2. The van der Waals surface area contributed by atoms with Crippen molar-refractivity contribution >= 4 is 27.6 Å². The topological polar surface area (TPSA) is 68.3 Å². The summed E-state index contributed by atoms with van der Waals surface area (Å²) in [6, 6.07) is 3.86. The summed E-state index contributed by atoms with van der Waals surface area (Å²) in [5, 5.41) is 3.05. The molecule has 1 spiro atoms. The quantitative estimate of drug-likeness (QED) is 0.517. The molecule has 148 valence electrons. The molecule has 27 heavy (non-hydrogen) atoms. The number of Topliss-reactive ketones (excluding diaryl/α,β-unsaturated/α-hetero) is 1. The van der Waals surface area contributed by atoms with Crippen LogP contribution in [0.4, 0.5) is 0 Å². The van der Waals surface area contributed by atoms with Gasteiger partial charge in [0.15, 0.2) is 12.6 Å². The van der Waals surface area contributed by atoms with Crippen molar-refractivity contribution in [3.8, 4) is 0 Å². The van der Waals surface area contributed by atoms with E-state index in [1.807, 2.05) is 26.0 Å². The Morgan fingerprint density at radius 1 is 1.15 bits per heavy atom. The lowest BCUT2D eigenvalue weighted by atomic mass is 9.80. The first-order valence-corrected chi connectivity index (χ1v) is 9.71. The molecule has 2 aliphatic heterocycles. The lowest BCUT2D eigenvalue weighted by molar-refractivity contribution is -0.256. The molecule has 1 aromatic rings. The zero-order valence-corrected chi connectivity index (χ0v) is 17.7. The molecular weight excluding hydrogens is 416 g/mol. The fourth-order valence-corrected chi connectivity index (χ4v) is 4.58. The molecule has 2 heterocycles. The maximum atomic E-state index is 13.5. The lowest BCUT2D eigenvalue weighted by Crippen LogP contribution is -2.56. The Morgan fingerprint density at radius 3 is 2.37 bits per heavy atom. The van der Waals surface area contributed by atoms with Crippen LogP contribution in [0.5, 0.6) is 0 Å². The maximum Gasteiger partial charge on any atom is 0.262 e. The number of hydrogen-bond donors (Lipinski definition) is 0. The van der Waals surface area contributed by atoms with Gasteiger partial charge in [-0.3, -0.25) is 9.59 Å². The lowest BCUT2D eigenvalue weighted by Gasteiger charge is -2.41. The van der Waals surface area contributed by atoms with E-state index < -0.39 is 11.5 Å². The van der Waals surface area contributed by atoms with Crippen molar-refractivity contribution in [1.82, 2.24) is 10.1 Å². The van der Waals surface area contributed by atoms with Crippen molar-refractivity contribution < 1.29 is 24.0 Å². The summed E-state index contributed by atoms with van der Waals surface area (Å²) in [6.07, 6.45) is 0.905. The highest BCUT2D eigenvalue weighted by Gasteiger charge is 2.61. The van der Waals surface area contributed by atoms with Gasteiger partial charge in [-0.1, -0.05) is 22.0 Å². The van der Waals surface area contributed by atoms with E-state index in [1.165, 1.54) is 12.2 Å². The number of ether oxygens (including phenoxy) is 1. The van der Waals surface area contributed by atoms with Crippen molar-refractivity contribution in [3.05, 3.63) is 33.3 Å². The largest absolute Gasteiger partial charge is 0.356 e. The molecule has 2 saturated heterocycles. The van der Waals surface area contributed by atoms with Crippen LogP contribution in [0.25, 0.3) is 0 Å². The van der Waals surface area contributed by atoms with Gasteiger partial charge < -0.3 is 9.57 Å². The molecule has 2 aliphatic rings. The van der Waals surface area contributed by atoms with Gasteiger partial charge >= 0.3 is 0 Å². The SMILES string of the molecule is COCON1C(=O)C(c2cc(C)c(C)cc2Br)C(=O)C12CCN(OC)CC2. The highest BCUT2D eigenvalue weighted by Crippen LogP contribution is 2.45. The summed E-state index contributed by atoms with van der Waals surface area (Å²) in [6.45, 7) is 4.97. The molecule has 3 rings (SSSR count). The van der Waals surface area contributed by atoms with Crippen LogP contribution < -0.4 is 0 Å². The molecule has 0 radical (unpaired) electrons. The number of carbonyl (C=O) groups is 2. The molecule has 0 saturated carbocycles. The zero-order valence-electron chi connectivity index (χ0n) is 16.1. The Kier molecular flexibility index (Phi) is 6.02. The first-order valence-electron chi connectivity index (χ1n) is 8.91. The number of benzene rings is 1. The molecule has 0 bridgehead atoms. The number of nitrogens with zero attached hydrogens (tertiary/aromatic N) is 2. The Bertz CT molecular complexity index is 746. The summed E-state index contributed by atoms with van der Waals surface area (Å²) in [4.78, 5) is 37.7. The van der Waals surface area contributed by atoms with Crippen LogP contribution in [0.3, 0.4) is 0 Å². The second-order valence-electron chi connectivity index (χ2n) is 7.07. The summed E-state index contributed by atoms with van der Waals surface area (Å²) >= 11 is 3.54. The van der Waals surface area contributed by atoms with Crippen molar-refractivity contribution in [3.63, 3.8) is 0 Å². The first kappa shape index (κ1) is 20.4. The smallest absolute Gasteiger partial charge is 0.262 e. The fourth-order valence-electron chi connectivity index (χ4n) is 3.89. The molecule has 0 N–H and O–H groups in total. The van der Waals surface area contributed by atoms with Crippen molar-refractivity contribution in [2.24, 2.45) is 0 Å². The van der Waals surface area contributed by atoms with Crippen LogP contribution in [0, 0.1) is 13.8 Å². The number of piperidine rings is 1. The van der Waals surface area contributed by atoms with Crippen molar-refractivity contribution in [1.29, 1.82) is 0 Å². The minimum Gasteiger partial charge on any atom is -0.356 e. The van der Waals surface area contributed by atoms with E-state index in [9.17, 15) is 9.59 Å². The number of carbonyl (C=O) groups excluding carboxylic acids is 2. The number of hydrogen-bond acceptors (Lipinski definition) is 6. The standard InChI is InChI=1S/C19H25BrN2O5/c1-12-9-14(15(20)10-13(12)2)16-17(23)19(5-7-21(26-4)8-6-19)22(18(16)24)27-11-25-3/h9-10,16H,5-8,11H2,1-4H3. The van der Waals surface area contributed by atoms with E-state index in [4.69, 9.17) is 14.4 Å². The molecule has 0 aromatic heterocycles. The average molecular weight is 441 g/mol. The maximum absolute atomic E-state index is 13.5. The monoisotopic (exact) mass is 440 g/mol. The Hall–Kier alpha value is -1.32. The summed E-state index contributed by atoms with van der Waals surface area (Å²) in [5.41, 5.74) is 1.82. The van der Waals surface area contributed by atoms with Gasteiger partial charge in [0.1, 0.15) is 11.5 Å². The van der Waals surface area contributed by atoms with Crippen LogP contribution >= 0.6 is 15.9 Å². The van der Waals surface area contributed by atoms with E-state index >= 15 is 0 Å². The summed E-state index contributed by atoms with van der Waals surface area (Å²) in [7, 11) is 3.09. The molecule has 1 unspecified atom stereocenters. The first-order chi connectivity index (χ1) is 12.9. The molecule has 1 amide bonds. The Morgan fingerprint density at radius 2 is 1.78 bits per heavy atom. The Labute approximate surface area is 167 Å². The third-order valence-electron chi connectivity index (χ3n) is 5.59. The fraction of sp³-hybridized carbons (Fsp3) is 0.579. The van der Waals surface area contributed by atoms with Crippen LogP contribution in [0.15, 0.2) is 16.6 Å². The predicted molar refractivity (Wildman–Crippen MR) is 102 cm³/mol. The van der Waals surface area contributed by atoms with Crippen LogP contribution in [0.2, 0.25) is 0 Å². The van der Waals surface area contributed by atoms with Crippen molar-refractivity contribution in [2.75, 3.05) is 34.1 Å². The number of halogens is 1. The minimum atomic E-state index is -0.993. The summed E-state index contributed by atoms with van der Waals surface area (Å²) in [5.74, 6) is -1.35. The Balaban J connectivity index is 2.01. The van der Waals surface area contributed by atoms with Gasteiger partial charge in [0.2, 0.25) is 0 Å². The molecule has 7 nitrogen and oxygen atoms in total. The van der Waals surface area contributed by atoms with Crippen LogP contribution in [-0.2, 0) is 24.0 Å². The van der Waals surface area contributed by atoms with Crippen molar-refractivity contribution in [2.45, 2.75) is 38.1 Å². The number of rotatable bonds is 5. The van der Waals surface area contributed by atoms with Gasteiger partial charge in [-0.2, -0.15) is 5.06 Å². The van der Waals surface area contributed by atoms with Gasteiger partial charge in [-0.15, -0.1) is 0 Å². The molecule has 1 atom stereocenters. The minimum absolute atomic E-state index is 0.0877. The summed E-state index contributed by atoms with van der Waals surface area (Å²) < 4.78 is 5.75. The van der Waals surface area contributed by atoms with E-state index in [0.717, 1.165) is 15.6 Å². The molecular formula is C19H25BrN2O5. The van der Waals surface area contributed by atoms with Crippen LogP contribution in [-0.4, -0.2) is 61.5 Å². The van der Waals surface area contributed by atoms with Crippen LogP contribution in [0.1, 0.15) is 35.4 Å². The molecule has 8 heteroatoms. The molecule has 1 aromatic carbocycles. The second-order valence-corrected chi connectivity index (χ2v) is 7.92. The number of methoxy groups -OCH3 is 1. The van der Waals surface area contributed by atoms with Gasteiger partial charge in [-0.05, 0) is 49.4 Å². The number of hydroxylamine groups is 4. The van der Waals surface area contributed by atoms with Gasteiger partial charge in [0.05, 0.1) is 7.11 Å². The highest BCUT2D eigenvalue weighted by molar-refractivity contribution is 9.10. The third-order valence-corrected chi connectivity index (χ3v) is 6.27. The highest BCUT2D eigenvalue weighted by atomic mass is 79.9. The third kappa shape index (κ3) is 3.45. The average Bonchev–Trinajstić information content (AvgIpc) is 2.84. The predicted octanol–water partition coefficient (Wildman–Crippen LogP) is 2.49.